The monoisotopic (exact) mass is 385 g/mol. The van der Waals surface area contributed by atoms with E-state index in [1.807, 2.05) is 18.2 Å². The third-order valence-electron chi connectivity index (χ3n) is 4.97. The third kappa shape index (κ3) is 4.73. The normalized spacial score (nSPS) is 14.6. The number of phenols is 3. The highest BCUT2D eigenvalue weighted by molar-refractivity contribution is 5.92. The second-order valence-corrected chi connectivity index (χ2v) is 6.95. The van der Waals surface area contributed by atoms with E-state index in [1.165, 1.54) is 5.56 Å². The minimum atomic E-state index is -0.863. The molecule has 7 nitrogen and oxygen atoms in total. The minimum absolute atomic E-state index is 0.151. The van der Waals surface area contributed by atoms with Crippen molar-refractivity contribution in [2.75, 3.05) is 19.7 Å². The summed E-state index contributed by atoms with van der Waals surface area (Å²) >= 11 is 0. The van der Waals surface area contributed by atoms with Crippen molar-refractivity contribution in [2.45, 2.75) is 19.3 Å². The van der Waals surface area contributed by atoms with Crippen molar-refractivity contribution >= 4 is 11.9 Å². The predicted molar refractivity (Wildman–Crippen MR) is 101 cm³/mol. The van der Waals surface area contributed by atoms with Gasteiger partial charge in [-0.25, -0.2) is 4.79 Å². The van der Waals surface area contributed by atoms with Crippen LogP contribution in [0.25, 0.3) is 0 Å². The Morgan fingerprint density at radius 2 is 1.61 bits per heavy atom. The molecular weight excluding hydrogens is 362 g/mol. The van der Waals surface area contributed by atoms with Crippen LogP contribution in [0.1, 0.15) is 28.8 Å². The Morgan fingerprint density at radius 3 is 2.21 bits per heavy atom. The number of amides is 1. The second-order valence-electron chi connectivity index (χ2n) is 6.95. The van der Waals surface area contributed by atoms with Gasteiger partial charge in [-0.2, -0.15) is 0 Å². The molecule has 3 rings (SSSR count). The number of carbonyl (C=O) groups excluding carboxylic acids is 2. The summed E-state index contributed by atoms with van der Waals surface area (Å²) in [4.78, 5) is 26.0. The maximum atomic E-state index is 12.3. The molecule has 0 aliphatic carbocycles. The quantitative estimate of drug-likeness (QED) is 0.539. The molecule has 2 aromatic carbocycles. The van der Waals surface area contributed by atoms with Crippen LogP contribution in [0.15, 0.2) is 42.5 Å². The maximum Gasteiger partial charge on any atom is 0.338 e. The second kappa shape index (κ2) is 8.65. The first kappa shape index (κ1) is 19.5. The number of nitrogens with zero attached hydrogens (tertiary/aromatic N) is 1. The molecule has 7 heteroatoms. The van der Waals surface area contributed by atoms with E-state index < -0.39 is 29.8 Å². The van der Waals surface area contributed by atoms with Crippen LogP contribution < -0.4 is 0 Å². The number of phenolic OH excluding ortho intramolecular Hbond substituents is 3. The first-order chi connectivity index (χ1) is 13.4. The van der Waals surface area contributed by atoms with E-state index in [0.29, 0.717) is 19.0 Å². The maximum absolute atomic E-state index is 12.3. The summed E-state index contributed by atoms with van der Waals surface area (Å²) in [6.45, 7) is 0.827. The lowest BCUT2D eigenvalue weighted by Crippen LogP contribution is -2.41. The Kier molecular flexibility index (Phi) is 6.03. The summed E-state index contributed by atoms with van der Waals surface area (Å²) in [5, 5.41) is 28.2. The fourth-order valence-electron chi connectivity index (χ4n) is 3.36. The number of aromatic hydroxyl groups is 3. The van der Waals surface area contributed by atoms with Crippen molar-refractivity contribution in [3.63, 3.8) is 0 Å². The fraction of sp³-hybridized carbons (Fsp3) is 0.333. The molecule has 0 aromatic heterocycles. The summed E-state index contributed by atoms with van der Waals surface area (Å²) in [5.74, 6) is -2.61. The highest BCUT2D eigenvalue weighted by atomic mass is 16.5. The molecule has 0 bridgehead atoms. The average molecular weight is 385 g/mol. The smallest absolute Gasteiger partial charge is 0.338 e. The molecule has 0 unspecified atom stereocenters. The van der Waals surface area contributed by atoms with E-state index in [4.69, 9.17) is 4.74 Å². The number of carbonyl (C=O) groups is 2. The van der Waals surface area contributed by atoms with Crippen molar-refractivity contribution in [1.29, 1.82) is 0 Å². The molecule has 0 atom stereocenters. The molecule has 1 saturated heterocycles. The van der Waals surface area contributed by atoms with Crippen LogP contribution in [0.3, 0.4) is 0 Å². The van der Waals surface area contributed by atoms with Gasteiger partial charge >= 0.3 is 5.97 Å². The Labute approximate surface area is 162 Å². The summed E-state index contributed by atoms with van der Waals surface area (Å²) in [5.41, 5.74) is 1.14. The molecule has 0 spiro atoms. The largest absolute Gasteiger partial charge is 0.504 e. The highest BCUT2D eigenvalue weighted by Crippen LogP contribution is 2.35. The van der Waals surface area contributed by atoms with Gasteiger partial charge in [-0.3, -0.25) is 4.79 Å². The number of esters is 1. The van der Waals surface area contributed by atoms with Gasteiger partial charge in [0.05, 0.1) is 5.56 Å². The van der Waals surface area contributed by atoms with Crippen LogP contribution in [0, 0.1) is 5.92 Å². The Hall–Kier alpha value is -3.22. The fourth-order valence-corrected chi connectivity index (χ4v) is 3.36. The molecule has 1 amide bonds. The van der Waals surface area contributed by atoms with Gasteiger partial charge in [-0.1, -0.05) is 30.3 Å². The topological polar surface area (TPSA) is 107 Å². The van der Waals surface area contributed by atoms with Crippen molar-refractivity contribution in [1.82, 2.24) is 4.90 Å². The van der Waals surface area contributed by atoms with E-state index in [-0.39, 0.29) is 11.5 Å². The Balaban J connectivity index is 1.46. The third-order valence-corrected chi connectivity index (χ3v) is 4.97. The summed E-state index contributed by atoms with van der Waals surface area (Å²) in [6, 6.07) is 12.2. The molecule has 148 valence electrons. The standard InChI is InChI=1S/C21H23NO6/c23-17-11-16(12-18(24)20(17)26)21(27)28-13-19(25)22-8-6-15(7-9-22)10-14-4-2-1-3-5-14/h1-5,11-12,15,23-24,26H,6-10,13H2. The van der Waals surface area contributed by atoms with Gasteiger partial charge in [0.25, 0.3) is 5.91 Å². The van der Waals surface area contributed by atoms with E-state index in [9.17, 15) is 24.9 Å². The molecule has 1 aliphatic rings. The van der Waals surface area contributed by atoms with Gasteiger partial charge in [0.2, 0.25) is 0 Å². The molecule has 1 fully saturated rings. The zero-order valence-corrected chi connectivity index (χ0v) is 15.4. The average Bonchev–Trinajstić information content (AvgIpc) is 2.71. The molecule has 1 heterocycles. The summed E-state index contributed by atoms with van der Waals surface area (Å²) < 4.78 is 4.98. The van der Waals surface area contributed by atoms with Crippen LogP contribution in [-0.4, -0.2) is 51.8 Å². The Morgan fingerprint density at radius 1 is 1.00 bits per heavy atom. The zero-order valence-electron chi connectivity index (χ0n) is 15.4. The van der Waals surface area contributed by atoms with Crippen LogP contribution >= 0.6 is 0 Å². The number of rotatable bonds is 5. The molecule has 28 heavy (non-hydrogen) atoms. The van der Waals surface area contributed by atoms with Gasteiger partial charge in [0, 0.05) is 13.1 Å². The van der Waals surface area contributed by atoms with Gasteiger partial charge in [-0.15, -0.1) is 0 Å². The number of ether oxygens (including phenoxy) is 1. The van der Waals surface area contributed by atoms with Crippen molar-refractivity contribution in [2.24, 2.45) is 5.92 Å². The zero-order chi connectivity index (χ0) is 20.1. The number of likely N-dealkylation sites (tertiary alicyclic amines) is 1. The van der Waals surface area contributed by atoms with Gasteiger partial charge in [0.15, 0.2) is 23.9 Å². The first-order valence-corrected chi connectivity index (χ1v) is 9.18. The highest BCUT2D eigenvalue weighted by Gasteiger charge is 2.24. The predicted octanol–water partition coefficient (Wildman–Crippen LogP) is 2.44. The first-order valence-electron chi connectivity index (χ1n) is 9.18. The molecular formula is C21H23NO6. The van der Waals surface area contributed by atoms with Crippen molar-refractivity contribution in [3.05, 3.63) is 53.6 Å². The SMILES string of the molecule is O=C(OCC(=O)N1CCC(Cc2ccccc2)CC1)c1cc(O)c(O)c(O)c1. The van der Waals surface area contributed by atoms with Crippen LogP contribution in [-0.2, 0) is 16.0 Å². The molecule has 2 aromatic rings. The summed E-state index contributed by atoms with van der Waals surface area (Å²) in [7, 11) is 0. The van der Waals surface area contributed by atoms with Gasteiger partial charge in [-0.05, 0) is 42.9 Å². The number of hydrogen-bond donors (Lipinski definition) is 3. The van der Waals surface area contributed by atoms with Crippen LogP contribution in [0.5, 0.6) is 17.2 Å². The van der Waals surface area contributed by atoms with Gasteiger partial charge < -0.3 is 25.0 Å². The van der Waals surface area contributed by atoms with Crippen molar-refractivity contribution < 1.29 is 29.6 Å². The molecule has 3 N–H and O–H groups in total. The lowest BCUT2D eigenvalue weighted by Gasteiger charge is -2.32. The summed E-state index contributed by atoms with van der Waals surface area (Å²) in [6.07, 6.45) is 2.79. The van der Waals surface area contributed by atoms with E-state index >= 15 is 0 Å². The van der Waals surface area contributed by atoms with Crippen molar-refractivity contribution in [3.8, 4) is 17.2 Å². The minimum Gasteiger partial charge on any atom is -0.504 e. The lowest BCUT2D eigenvalue weighted by atomic mass is 9.90. The van der Waals surface area contributed by atoms with Crippen LogP contribution in [0.2, 0.25) is 0 Å². The number of benzene rings is 2. The number of hydrogen-bond acceptors (Lipinski definition) is 6. The Bertz CT molecular complexity index is 820. The van der Waals surface area contributed by atoms with E-state index in [0.717, 1.165) is 31.4 Å². The molecule has 0 radical (unpaired) electrons. The molecule has 1 aliphatic heterocycles. The van der Waals surface area contributed by atoms with E-state index in [2.05, 4.69) is 12.1 Å². The molecule has 0 saturated carbocycles. The number of piperidine rings is 1. The van der Waals surface area contributed by atoms with Crippen LogP contribution in [0.4, 0.5) is 0 Å². The lowest BCUT2D eigenvalue weighted by molar-refractivity contribution is -0.135. The van der Waals surface area contributed by atoms with Gasteiger partial charge in [0.1, 0.15) is 0 Å². The van der Waals surface area contributed by atoms with E-state index in [1.54, 1.807) is 4.90 Å².